The Bertz CT molecular complexity index is 250. The second-order valence-corrected chi connectivity index (χ2v) is 2.00. The van der Waals surface area contributed by atoms with Gasteiger partial charge in [0.1, 0.15) is 5.82 Å². The summed E-state index contributed by atoms with van der Waals surface area (Å²) in [6.45, 7) is 0. The molecule has 0 spiro atoms. The van der Waals surface area contributed by atoms with E-state index in [1.165, 1.54) is 12.1 Å². The van der Waals surface area contributed by atoms with Gasteiger partial charge >= 0.3 is 0 Å². The molecule has 0 heterocycles. The van der Waals surface area contributed by atoms with E-state index >= 15 is 0 Å². The third-order valence-corrected chi connectivity index (χ3v) is 1.19. The maximum atomic E-state index is 12.7. The van der Waals surface area contributed by atoms with Crippen LogP contribution >= 0.6 is 0 Å². The molecule has 0 atom stereocenters. The minimum absolute atomic E-state index is 0.230. The van der Waals surface area contributed by atoms with Crippen molar-refractivity contribution in [2.24, 2.45) is 0 Å². The molecule has 0 saturated heterocycles. The van der Waals surface area contributed by atoms with E-state index in [2.05, 4.69) is 10.9 Å². The lowest BCUT2D eigenvalue weighted by Crippen LogP contribution is -2.15. The smallest absolute Gasteiger partial charge is 0.150 e. The molecule has 1 aromatic carbocycles. The van der Waals surface area contributed by atoms with Gasteiger partial charge < -0.3 is 5.43 Å². The summed E-state index contributed by atoms with van der Waals surface area (Å²) in [4.78, 5) is 0. The minimum Gasteiger partial charge on any atom is -0.319 e. The standard InChI is InChI=1S/C7H8F2N2/c1-10-11-7-3-2-5(8)4-6(7)9/h2-4,10-11H,1H3. The van der Waals surface area contributed by atoms with Crippen LogP contribution in [0.1, 0.15) is 0 Å². The Morgan fingerprint density at radius 1 is 1.27 bits per heavy atom. The number of halogens is 2. The van der Waals surface area contributed by atoms with Crippen LogP contribution in [0.25, 0.3) is 0 Å². The second-order valence-electron chi connectivity index (χ2n) is 2.00. The van der Waals surface area contributed by atoms with E-state index in [0.29, 0.717) is 0 Å². The van der Waals surface area contributed by atoms with Crippen molar-refractivity contribution in [2.75, 3.05) is 12.5 Å². The van der Waals surface area contributed by atoms with E-state index in [9.17, 15) is 8.78 Å². The summed E-state index contributed by atoms with van der Waals surface area (Å²) in [7, 11) is 1.60. The quantitative estimate of drug-likeness (QED) is 0.637. The Hall–Kier alpha value is -1.16. The van der Waals surface area contributed by atoms with Gasteiger partial charge in [-0.05, 0) is 12.1 Å². The van der Waals surface area contributed by atoms with Crippen molar-refractivity contribution in [3.05, 3.63) is 29.8 Å². The molecule has 0 saturated carbocycles. The molecule has 0 radical (unpaired) electrons. The lowest BCUT2D eigenvalue weighted by Gasteiger charge is -2.03. The molecule has 1 rings (SSSR count). The maximum absolute atomic E-state index is 12.7. The number of nitrogens with one attached hydrogen (secondary N) is 2. The highest BCUT2D eigenvalue weighted by Crippen LogP contribution is 2.13. The van der Waals surface area contributed by atoms with Crippen LogP contribution in [0.15, 0.2) is 18.2 Å². The van der Waals surface area contributed by atoms with Crippen LogP contribution < -0.4 is 10.9 Å². The Balaban J connectivity index is 2.90. The Kier molecular flexibility index (Phi) is 2.38. The van der Waals surface area contributed by atoms with Gasteiger partial charge in [0.05, 0.1) is 5.69 Å². The average molecular weight is 158 g/mol. The monoisotopic (exact) mass is 158 g/mol. The van der Waals surface area contributed by atoms with Gasteiger partial charge in [0.15, 0.2) is 5.82 Å². The Morgan fingerprint density at radius 3 is 2.55 bits per heavy atom. The van der Waals surface area contributed by atoms with Crippen molar-refractivity contribution in [3.8, 4) is 0 Å². The predicted molar refractivity (Wildman–Crippen MR) is 39.0 cm³/mol. The minimum atomic E-state index is -0.612. The summed E-state index contributed by atoms with van der Waals surface area (Å²) < 4.78 is 25.0. The molecule has 0 bridgehead atoms. The molecule has 60 valence electrons. The van der Waals surface area contributed by atoms with Gasteiger partial charge in [-0.15, -0.1) is 0 Å². The molecular formula is C7H8F2N2. The van der Waals surface area contributed by atoms with Gasteiger partial charge in [-0.1, -0.05) is 0 Å². The van der Waals surface area contributed by atoms with Gasteiger partial charge in [-0.3, -0.25) is 0 Å². The number of hydrogen-bond donors (Lipinski definition) is 2. The van der Waals surface area contributed by atoms with Gasteiger partial charge in [0.25, 0.3) is 0 Å². The van der Waals surface area contributed by atoms with Crippen LogP contribution in [0, 0.1) is 11.6 Å². The van der Waals surface area contributed by atoms with Crippen molar-refractivity contribution >= 4 is 5.69 Å². The average Bonchev–Trinajstić information content (AvgIpc) is 1.95. The third kappa shape index (κ3) is 1.88. The Labute approximate surface area is 63.2 Å². The maximum Gasteiger partial charge on any atom is 0.150 e. The van der Waals surface area contributed by atoms with E-state index in [-0.39, 0.29) is 5.69 Å². The first-order chi connectivity index (χ1) is 5.24. The van der Waals surface area contributed by atoms with Crippen molar-refractivity contribution in [3.63, 3.8) is 0 Å². The lowest BCUT2D eigenvalue weighted by atomic mass is 10.3. The highest BCUT2D eigenvalue weighted by Gasteiger charge is 2.00. The molecule has 2 N–H and O–H groups in total. The molecule has 4 heteroatoms. The van der Waals surface area contributed by atoms with Crippen LogP contribution in [-0.4, -0.2) is 7.05 Å². The molecule has 0 unspecified atom stereocenters. The number of rotatable bonds is 2. The third-order valence-electron chi connectivity index (χ3n) is 1.19. The highest BCUT2D eigenvalue weighted by atomic mass is 19.1. The number of hydrazine groups is 1. The van der Waals surface area contributed by atoms with Crippen LogP contribution in [0.3, 0.4) is 0 Å². The van der Waals surface area contributed by atoms with E-state index in [1.807, 2.05) is 0 Å². The molecular weight excluding hydrogens is 150 g/mol. The zero-order valence-corrected chi connectivity index (χ0v) is 5.99. The molecule has 0 aliphatic rings. The summed E-state index contributed by atoms with van der Waals surface area (Å²) >= 11 is 0. The Morgan fingerprint density at radius 2 is 2.00 bits per heavy atom. The van der Waals surface area contributed by atoms with Crippen molar-refractivity contribution in [1.29, 1.82) is 0 Å². The van der Waals surface area contributed by atoms with E-state index in [0.717, 1.165) is 6.07 Å². The summed E-state index contributed by atoms with van der Waals surface area (Å²) in [6, 6.07) is 3.32. The number of benzene rings is 1. The van der Waals surface area contributed by atoms with E-state index in [4.69, 9.17) is 0 Å². The summed E-state index contributed by atoms with van der Waals surface area (Å²) in [5.74, 6) is -1.19. The zero-order chi connectivity index (χ0) is 8.27. The van der Waals surface area contributed by atoms with Gasteiger partial charge in [0.2, 0.25) is 0 Å². The largest absolute Gasteiger partial charge is 0.319 e. The number of hydrogen-bond acceptors (Lipinski definition) is 2. The highest BCUT2D eigenvalue weighted by molar-refractivity contribution is 5.43. The normalized spacial score (nSPS) is 9.73. The second kappa shape index (κ2) is 3.30. The topological polar surface area (TPSA) is 24.1 Å². The predicted octanol–water partition coefficient (Wildman–Crippen LogP) is 1.51. The van der Waals surface area contributed by atoms with Crippen LogP contribution in [-0.2, 0) is 0 Å². The van der Waals surface area contributed by atoms with Gasteiger partial charge in [-0.2, -0.15) is 0 Å². The zero-order valence-electron chi connectivity index (χ0n) is 5.99. The first-order valence-corrected chi connectivity index (χ1v) is 3.12. The molecule has 1 aromatic rings. The van der Waals surface area contributed by atoms with Crippen LogP contribution in [0.4, 0.5) is 14.5 Å². The fraction of sp³-hybridized carbons (Fsp3) is 0.143. The summed E-state index contributed by atoms with van der Waals surface area (Å²) in [5, 5.41) is 0. The molecule has 0 aliphatic heterocycles. The van der Waals surface area contributed by atoms with Crippen molar-refractivity contribution in [1.82, 2.24) is 5.43 Å². The van der Waals surface area contributed by atoms with Gasteiger partial charge in [0, 0.05) is 13.1 Å². The van der Waals surface area contributed by atoms with Crippen LogP contribution in [0.5, 0.6) is 0 Å². The van der Waals surface area contributed by atoms with Gasteiger partial charge in [-0.25, -0.2) is 14.2 Å². The van der Waals surface area contributed by atoms with E-state index < -0.39 is 11.6 Å². The first-order valence-electron chi connectivity index (χ1n) is 3.12. The van der Waals surface area contributed by atoms with Crippen molar-refractivity contribution in [2.45, 2.75) is 0 Å². The molecule has 11 heavy (non-hydrogen) atoms. The fourth-order valence-corrected chi connectivity index (χ4v) is 0.726. The molecule has 0 amide bonds. The molecule has 0 fully saturated rings. The SMILES string of the molecule is CNNc1ccc(F)cc1F. The number of anilines is 1. The fourth-order valence-electron chi connectivity index (χ4n) is 0.726. The van der Waals surface area contributed by atoms with Crippen LogP contribution in [0.2, 0.25) is 0 Å². The summed E-state index contributed by atoms with van der Waals surface area (Å²) in [5.41, 5.74) is 5.27. The lowest BCUT2D eigenvalue weighted by molar-refractivity contribution is 0.584. The molecule has 0 aliphatic carbocycles. The summed E-state index contributed by atoms with van der Waals surface area (Å²) in [6.07, 6.45) is 0. The van der Waals surface area contributed by atoms with Crippen molar-refractivity contribution < 1.29 is 8.78 Å². The first kappa shape index (κ1) is 7.94. The molecule has 0 aromatic heterocycles. The molecule has 2 nitrogen and oxygen atoms in total. The van der Waals surface area contributed by atoms with E-state index in [1.54, 1.807) is 7.05 Å².